The molecule has 0 fully saturated rings. The quantitative estimate of drug-likeness (QED) is 0.317. The lowest BCUT2D eigenvalue weighted by molar-refractivity contribution is 0.414. The average Bonchev–Trinajstić information content (AvgIpc) is 2.50. The number of hydrogen-bond acceptors (Lipinski definition) is 2. The minimum atomic E-state index is 0. The fourth-order valence-electron chi connectivity index (χ4n) is 1.82. The fourth-order valence-corrected chi connectivity index (χ4v) is 1.82. The third kappa shape index (κ3) is 8.14. The molecule has 0 saturated carbocycles. The maximum absolute atomic E-state index is 5.15. The Labute approximate surface area is 145 Å². The van der Waals surface area contributed by atoms with Crippen molar-refractivity contribution < 1.29 is 4.74 Å². The number of aliphatic imine (C=N–C) groups is 1. The van der Waals surface area contributed by atoms with E-state index >= 15 is 0 Å². The molecular formula is C16H28IN3O. The lowest BCUT2D eigenvalue weighted by Gasteiger charge is -2.16. The van der Waals surface area contributed by atoms with E-state index in [1.54, 1.807) is 14.2 Å². The molecule has 1 atom stereocenters. The van der Waals surface area contributed by atoms with Crippen LogP contribution in [0.4, 0.5) is 0 Å². The summed E-state index contributed by atoms with van der Waals surface area (Å²) in [6.07, 6.45) is 3.22. The topological polar surface area (TPSA) is 45.7 Å². The van der Waals surface area contributed by atoms with E-state index in [0.29, 0.717) is 6.04 Å². The first kappa shape index (κ1) is 20.0. The third-order valence-electron chi connectivity index (χ3n) is 3.31. The van der Waals surface area contributed by atoms with Gasteiger partial charge in [0.15, 0.2) is 5.96 Å². The number of halogens is 1. The van der Waals surface area contributed by atoms with Crippen LogP contribution in [0.15, 0.2) is 29.3 Å². The Balaban J connectivity index is 0.00000400. The van der Waals surface area contributed by atoms with Crippen molar-refractivity contribution in [3.8, 4) is 5.75 Å². The molecule has 21 heavy (non-hydrogen) atoms. The standard InChI is InChI=1S/C16H27N3O.HI/c1-5-13(2)19-16(17-3)18-12-6-7-14-8-10-15(20-4)11-9-14;/h8-11,13H,5-7,12H2,1-4H3,(H2,17,18,19);1H. The zero-order valence-electron chi connectivity index (χ0n) is 13.5. The van der Waals surface area contributed by atoms with Crippen molar-refractivity contribution >= 4 is 29.9 Å². The Morgan fingerprint density at radius 1 is 1.29 bits per heavy atom. The molecule has 0 saturated heterocycles. The highest BCUT2D eigenvalue weighted by Crippen LogP contribution is 2.12. The lowest BCUT2D eigenvalue weighted by Crippen LogP contribution is -2.42. The van der Waals surface area contributed by atoms with E-state index in [2.05, 4.69) is 41.6 Å². The molecule has 1 aromatic carbocycles. The van der Waals surface area contributed by atoms with E-state index in [-0.39, 0.29) is 24.0 Å². The van der Waals surface area contributed by atoms with Crippen LogP contribution >= 0.6 is 24.0 Å². The summed E-state index contributed by atoms with van der Waals surface area (Å²) >= 11 is 0. The minimum absolute atomic E-state index is 0. The van der Waals surface area contributed by atoms with Crippen LogP contribution in [-0.4, -0.2) is 32.7 Å². The summed E-state index contributed by atoms with van der Waals surface area (Å²) in [5.74, 6) is 1.79. The van der Waals surface area contributed by atoms with Crippen molar-refractivity contribution in [3.63, 3.8) is 0 Å². The number of aryl methyl sites for hydroxylation is 1. The van der Waals surface area contributed by atoms with Crippen LogP contribution in [0, 0.1) is 0 Å². The van der Waals surface area contributed by atoms with Gasteiger partial charge >= 0.3 is 0 Å². The SMILES string of the molecule is CCC(C)NC(=NC)NCCCc1ccc(OC)cc1.I. The van der Waals surface area contributed by atoms with Gasteiger partial charge in [-0.3, -0.25) is 4.99 Å². The number of benzene rings is 1. The molecule has 0 heterocycles. The van der Waals surface area contributed by atoms with Crippen molar-refractivity contribution in [3.05, 3.63) is 29.8 Å². The molecule has 0 bridgehead atoms. The Hall–Kier alpha value is -0.980. The van der Waals surface area contributed by atoms with Crippen molar-refractivity contribution in [2.45, 2.75) is 39.2 Å². The molecule has 0 aliphatic heterocycles. The molecule has 2 N–H and O–H groups in total. The smallest absolute Gasteiger partial charge is 0.191 e. The maximum atomic E-state index is 5.15. The third-order valence-corrected chi connectivity index (χ3v) is 3.31. The predicted molar refractivity (Wildman–Crippen MR) is 101 cm³/mol. The summed E-state index contributed by atoms with van der Waals surface area (Å²) in [7, 11) is 3.50. The zero-order chi connectivity index (χ0) is 14.8. The largest absolute Gasteiger partial charge is 0.497 e. The summed E-state index contributed by atoms with van der Waals surface area (Å²) in [6.45, 7) is 5.24. The first-order chi connectivity index (χ1) is 9.69. The summed E-state index contributed by atoms with van der Waals surface area (Å²) in [4.78, 5) is 4.22. The highest BCUT2D eigenvalue weighted by Gasteiger charge is 2.02. The van der Waals surface area contributed by atoms with Crippen LogP contribution in [0.1, 0.15) is 32.3 Å². The van der Waals surface area contributed by atoms with Crippen LogP contribution in [0.25, 0.3) is 0 Å². The molecule has 0 aliphatic carbocycles. The molecule has 1 aromatic rings. The number of nitrogens with one attached hydrogen (secondary N) is 2. The van der Waals surface area contributed by atoms with Crippen molar-refractivity contribution in [1.29, 1.82) is 0 Å². The van der Waals surface area contributed by atoms with Gasteiger partial charge in [0.2, 0.25) is 0 Å². The van der Waals surface area contributed by atoms with E-state index in [9.17, 15) is 0 Å². The second kappa shape index (κ2) is 11.7. The van der Waals surface area contributed by atoms with Gasteiger partial charge in [0.25, 0.3) is 0 Å². The number of nitrogens with zero attached hydrogens (tertiary/aromatic N) is 1. The number of hydrogen-bond donors (Lipinski definition) is 2. The first-order valence-corrected chi connectivity index (χ1v) is 7.29. The van der Waals surface area contributed by atoms with Crippen LogP contribution in [0.3, 0.4) is 0 Å². The normalized spacial score (nSPS) is 12.3. The molecule has 5 heteroatoms. The van der Waals surface area contributed by atoms with E-state index in [4.69, 9.17) is 4.74 Å². The van der Waals surface area contributed by atoms with Gasteiger partial charge < -0.3 is 15.4 Å². The maximum Gasteiger partial charge on any atom is 0.191 e. The van der Waals surface area contributed by atoms with Gasteiger partial charge in [-0.2, -0.15) is 0 Å². The highest BCUT2D eigenvalue weighted by molar-refractivity contribution is 14.0. The molecule has 0 spiro atoms. The Morgan fingerprint density at radius 2 is 1.95 bits per heavy atom. The molecule has 0 aliphatic rings. The molecule has 1 unspecified atom stereocenters. The van der Waals surface area contributed by atoms with Gasteiger partial charge in [0.1, 0.15) is 5.75 Å². The van der Waals surface area contributed by atoms with Crippen molar-refractivity contribution in [2.75, 3.05) is 20.7 Å². The number of ether oxygens (including phenoxy) is 1. The molecule has 0 aromatic heterocycles. The summed E-state index contributed by atoms with van der Waals surface area (Å²) < 4.78 is 5.15. The Kier molecular flexibility index (Phi) is 11.1. The molecule has 1 rings (SSSR count). The van der Waals surface area contributed by atoms with Gasteiger partial charge in [0.05, 0.1) is 7.11 Å². The van der Waals surface area contributed by atoms with E-state index < -0.39 is 0 Å². The molecule has 0 amide bonds. The molecular weight excluding hydrogens is 377 g/mol. The second-order valence-corrected chi connectivity index (χ2v) is 4.90. The van der Waals surface area contributed by atoms with Crippen molar-refractivity contribution in [2.24, 2.45) is 4.99 Å². The van der Waals surface area contributed by atoms with E-state index in [1.165, 1.54) is 5.56 Å². The molecule has 0 radical (unpaired) electrons. The van der Waals surface area contributed by atoms with Gasteiger partial charge in [-0.05, 0) is 43.9 Å². The Morgan fingerprint density at radius 3 is 2.48 bits per heavy atom. The summed E-state index contributed by atoms with van der Waals surface area (Å²) in [5, 5.41) is 6.69. The highest BCUT2D eigenvalue weighted by atomic mass is 127. The average molecular weight is 405 g/mol. The van der Waals surface area contributed by atoms with Crippen LogP contribution in [-0.2, 0) is 6.42 Å². The molecule has 4 nitrogen and oxygen atoms in total. The molecule has 120 valence electrons. The van der Waals surface area contributed by atoms with Gasteiger partial charge in [0, 0.05) is 19.6 Å². The Bertz CT molecular complexity index is 406. The van der Waals surface area contributed by atoms with Gasteiger partial charge in [-0.15, -0.1) is 24.0 Å². The van der Waals surface area contributed by atoms with E-state index in [1.807, 2.05) is 12.1 Å². The van der Waals surface area contributed by atoms with Crippen LogP contribution in [0.5, 0.6) is 5.75 Å². The van der Waals surface area contributed by atoms with Gasteiger partial charge in [-0.1, -0.05) is 19.1 Å². The minimum Gasteiger partial charge on any atom is -0.497 e. The number of rotatable bonds is 7. The van der Waals surface area contributed by atoms with Gasteiger partial charge in [-0.25, -0.2) is 0 Å². The van der Waals surface area contributed by atoms with Crippen LogP contribution in [0.2, 0.25) is 0 Å². The first-order valence-electron chi connectivity index (χ1n) is 7.29. The lowest BCUT2D eigenvalue weighted by atomic mass is 10.1. The zero-order valence-corrected chi connectivity index (χ0v) is 15.8. The van der Waals surface area contributed by atoms with E-state index in [0.717, 1.165) is 37.5 Å². The van der Waals surface area contributed by atoms with Crippen LogP contribution < -0.4 is 15.4 Å². The second-order valence-electron chi connectivity index (χ2n) is 4.90. The fraction of sp³-hybridized carbons (Fsp3) is 0.562. The van der Waals surface area contributed by atoms with Crippen molar-refractivity contribution in [1.82, 2.24) is 10.6 Å². The summed E-state index contributed by atoms with van der Waals surface area (Å²) in [6, 6.07) is 8.69. The number of methoxy groups -OCH3 is 1. The number of guanidine groups is 1. The predicted octanol–water partition coefficient (Wildman–Crippen LogP) is 3.21. The summed E-state index contributed by atoms with van der Waals surface area (Å²) in [5.41, 5.74) is 1.33. The monoisotopic (exact) mass is 405 g/mol.